The molecule has 82 valence electrons. The molecule has 1 aliphatic rings. The van der Waals surface area contributed by atoms with Gasteiger partial charge in [0.2, 0.25) is 0 Å². The first-order valence-electron chi connectivity index (χ1n) is 5.23. The standard InChI is InChI=1S/C10H16N4O/c1-7-6-9(13-12-7)10(15)14-4-2-8(11)3-5-14/h6,8H,2-5,11H2,1H3,(H,12,13). The molecule has 1 aliphatic heterocycles. The first-order chi connectivity index (χ1) is 7.16. The molecule has 0 bridgehead atoms. The number of hydrogen-bond donors (Lipinski definition) is 2. The van der Waals surface area contributed by atoms with Crippen molar-refractivity contribution < 1.29 is 4.79 Å². The second kappa shape index (κ2) is 4.02. The number of piperidine rings is 1. The Morgan fingerprint density at radius 2 is 2.27 bits per heavy atom. The molecule has 0 atom stereocenters. The Balaban J connectivity index is 2.02. The quantitative estimate of drug-likeness (QED) is 0.696. The minimum absolute atomic E-state index is 0.00579. The van der Waals surface area contributed by atoms with E-state index in [2.05, 4.69) is 10.2 Å². The van der Waals surface area contributed by atoms with Crippen LogP contribution >= 0.6 is 0 Å². The van der Waals surface area contributed by atoms with E-state index in [9.17, 15) is 4.79 Å². The summed E-state index contributed by atoms with van der Waals surface area (Å²) in [6.07, 6.45) is 1.77. The highest BCUT2D eigenvalue weighted by Crippen LogP contribution is 2.11. The Kier molecular flexibility index (Phi) is 2.73. The van der Waals surface area contributed by atoms with E-state index in [1.165, 1.54) is 0 Å². The Bertz CT molecular complexity index is 352. The first kappa shape index (κ1) is 10.2. The van der Waals surface area contributed by atoms with Crippen LogP contribution in [0.2, 0.25) is 0 Å². The molecular weight excluding hydrogens is 192 g/mol. The van der Waals surface area contributed by atoms with E-state index in [1.807, 2.05) is 11.8 Å². The monoisotopic (exact) mass is 208 g/mol. The largest absolute Gasteiger partial charge is 0.337 e. The molecule has 0 radical (unpaired) electrons. The van der Waals surface area contributed by atoms with Crippen molar-refractivity contribution in [2.24, 2.45) is 5.73 Å². The minimum Gasteiger partial charge on any atom is -0.337 e. The average molecular weight is 208 g/mol. The summed E-state index contributed by atoms with van der Waals surface area (Å²) >= 11 is 0. The average Bonchev–Trinajstić information content (AvgIpc) is 2.65. The number of nitrogens with one attached hydrogen (secondary N) is 1. The van der Waals surface area contributed by atoms with E-state index in [0.717, 1.165) is 31.6 Å². The minimum atomic E-state index is 0.00579. The lowest BCUT2D eigenvalue weighted by molar-refractivity contribution is 0.0708. The number of aromatic nitrogens is 2. The molecule has 15 heavy (non-hydrogen) atoms. The van der Waals surface area contributed by atoms with Crippen molar-refractivity contribution in [2.75, 3.05) is 13.1 Å². The topological polar surface area (TPSA) is 75.0 Å². The number of nitrogens with zero attached hydrogens (tertiary/aromatic N) is 2. The normalized spacial score (nSPS) is 18.1. The van der Waals surface area contributed by atoms with Gasteiger partial charge in [-0.15, -0.1) is 0 Å². The fraction of sp³-hybridized carbons (Fsp3) is 0.600. The van der Waals surface area contributed by atoms with E-state index in [-0.39, 0.29) is 11.9 Å². The number of aryl methyl sites for hydroxylation is 1. The van der Waals surface area contributed by atoms with Gasteiger partial charge < -0.3 is 10.6 Å². The number of aromatic amines is 1. The van der Waals surface area contributed by atoms with E-state index in [1.54, 1.807) is 6.07 Å². The second-order valence-corrected chi connectivity index (χ2v) is 4.07. The zero-order valence-corrected chi connectivity index (χ0v) is 8.86. The maximum absolute atomic E-state index is 11.9. The number of H-pyrrole nitrogens is 1. The molecule has 0 unspecified atom stereocenters. The molecule has 2 rings (SSSR count). The summed E-state index contributed by atoms with van der Waals surface area (Å²) in [5, 5.41) is 6.74. The molecule has 0 aromatic carbocycles. The number of carbonyl (C=O) groups excluding carboxylic acids is 1. The smallest absolute Gasteiger partial charge is 0.274 e. The van der Waals surface area contributed by atoms with Crippen LogP contribution in [0.4, 0.5) is 0 Å². The van der Waals surface area contributed by atoms with Crippen molar-refractivity contribution in [1.29, 1.82) is 0 Å². The Hall–Kier alpha value is -1.36. The van der Waals surface area contributed by atoms with Gasteiger partial charge >= 0.3 is 0 Å². The van der Waals surface area contributed by atoms with Gasteiger partial charge in [-0.3, -0.25) is 9.89 Å². The third-order valence-electron chi connectivity index (χ3n) is 2.75. The summed E-state index contributed by atoms with van der Waals surface area (Å²) in [6, 6.07) is 2.02. The summed E-state index contributed by atoms with van der Waals surface area (Å²) in [6.45, 7) is 3.37. The van der Waals surface area contributed by atoms with Crippen molar-refractivity contribution in [3.8, 4) is 0 Å². The third-order valence-corrected chi connectivity index (χ3v) is 2.75. The molecule has 1 aromatic rings. The lowest BCUT2D eigenvalue weighted by Gasteiger charge is -2.29. The molecule has 0 saturated carbocycles. The molecule has 1 amide bonds. The van der Waals surface area contributed by atoms with E-state index < -0.39 is 0 Å². The summed E-state index contributed by atoms with van der Waals surface area (Å²) in [4.78, 5) is 13.7. The fourth-order valence-corrected chi connectivity index (χ4v) is 1.79. The highest BCUT2D eigenvalue weighted by atomic mass is 16.2. The zero-order valence-electron chi connectivity index (χ0n) is 8.86. The van der Waals surface area contributed by atoms with Gasteiger partial charge in [-0.05, 0) is 25.8 Å². The van der Waals surface area contributed by atoms with Crippen molar-refractivity contribution in [3.63, 3.8) is 0 Å². The highest BCUT2D eigenvalue weighted by molar-refractivity contribution is 5.92. The van der Waals surface area contributed by atoms with E-state index >= 15 is 0 Å². The Morgan fingerprint density at radius 1 is 1.60 bits per heavy atom. The molecule has 2 heterocycles. The number of amides is 1. The highest BCUT2D eigenvalue weighted by Gasteiger charge is 2.22. The molecule has 1 fully saturated rings. The SMILES string of the molecule is Cc1cc(C(=O)N2CCC(N)CC2)n[nH]1. The van der Waals surface area contributed by atoms with Crippen LogP contribution in [-0.4, -0.2) is 40.1 Å². The Morgan fingerprint density at radius 3 is 2.80 bits per heavy atom. The number of carbonyl (C=O) groups is 1. The fourth-order valence-electron chi connectivity index (χ4n) is 1.79. The molecule has 3 N–H and O–H groups in total. The van der Waals surface area contributed by atoms with E-state index in [4.69, 9.17) is 5.73 Å². The maximum atomic E-state index is 11.9. The molecule has 1 aromatic heterocycles. The van der Waals surface area contributed by atoms with Gasteiger partial charge in [0.1, 0.15) is 5.69 Å². The van der Waals surface area contributed by atoms with Crippen molar-refractivity contribution >= 4 is 5.91 Å². The number of nitrogens with two attached hydrogens (primary N) is 1. The van der Waals surface area contributed by atoms with Crippen LogP contribution in [-0.2, 0) is 0 Å². The predicted octanol–water partition coefficient (Wildman–Crippen LogP) is 0.281. The van der Waals surface area contributed by atoms with Crippen molar-refractivity contribution in [1.82, 2.24) is 15.1 Å². The van der Waals surface area contributed by atoms with E-state index in [0.29, 0.717) is 5.69 Å². The second-order valence-electron chi connectivity index (χ2n) is 4.07. The van der Waals surface area contributed by atoms with Gasteiger partial charge in [-0.1, -0.05) is 0 Å². The molecule has 0 aliphatic carbocycles. The maximum Gasteiger partial charge on any atom is 0.274 e. The molecular formula is C10H16N4O. The van der Waals surface area contributed by atoms with Gasteiger partial charge in [-0.25, -0.2) is 0 Å². The third kappa shape index (κ3) is 2.18. The van der Waals surface area contributed by atoms with Gasteiger partial charge in [-0.2, -0.15) is 5.10 Å². The molecule has 5 heteroatoms. The summed E-state index contributed by atoms with van der Waals surface area (Å²) in [7, 11) is 0. The summed E-state index contributed by atoms with van der Waals surface area (Å²) < 4.78 is 0. The van der Waals surface area contributed by atoms with Gasteiger partial charge in [0.25, 0.3) is 5.91 Å². The first-order valence-corrected chi connectivity index (χ1v) is 5.23. The van der Waals surface area contributed by atoms with Crippen LogP contribution in [0.3, 0.4) is 0 Å². The lowest BCUT2D eigenvalue weighted by Crippen LogP contribution is -2.42. The van der Waals surface area contributed by atoms with Crippen LogP contribution < -0.4 is 5.73 Å². The summed E-state index contributed by atoms with van der Waals surface area (Å²) in [5.74, 6) is 0.00579. The summed E-state index contributed by atoms with van der Waals surface area (Å²) in [5.41, 5.74) is 7.19. The Labute approximate surface area is 88.6 Å². The van der Waals surface area contributed by atoms with Crippen LogP contribution in [0.5, 0.6) is 0 Å². The van der Waals surface area contributed by atoms with Crippen LogP contribution in [0.25, 0.3) is 0 Å². The predicted molar refractivity (Wildman–Crippen MR) is 56.4 cm³/mol. The molecule has 1 saturated heterocycles. The number of hydrogen-bond acceptors (Lipinski definition) is 3. The van der Waals surface area contributed by atoms with Crippen LogP contribution in [0, 0.1) is 6.92 Å². The number of likely N-dealkylation sites (tertiary alicyclic amines) is 1. The van der Waals surface area contributed by atoms with Crippen LogP contribution in [0.15, 0.2) is 6.07 Å². The van der Waals surface area contributed by atoms with Gasteiger partial charge in [0, 0.05) is 24.8 Å². The molecule has 0 spiro atoms. The lowest BCUT2D eigenvalue weighted by atomic mass is 10.1. The van der Waals surface area contributed by atoms with Gasteiger partial charge in [0.05, 0.1) is 0 Å². The van der Waals surface area contributed by atoms with Crippen molar-refractivity contribution in [2.45, 2.75) is 25.8 Å². The van der Waals surface area contributed by atoms with Crippen molar-refractivity contribution in [3.05, 3.63) is 17.5 Å². The molecule has 5 nitrogen and oxygen atoms in total. The zero-order chi connectivity index (χ0) is 10.8. The number of rotatable bonds is 1. The van der Waals surface area contributed by atoms with Gasteiger partial charge in [0.15, 0.2) is 0 Å². The van der Waals surface area contributed by atoms with Crippen LogP contribution in [0.1, 0.15) is 29.0 Å².